The Bertz CT molecular complexity index is 904. The summed E-state index contributed by atoms with van der Waals surface area (Å²) in [7, 11) is 0. The van der Waals surface area contributed by atoms with E-state index in [9.17, 15) is 4.39 Å². The van der Waals surface area contributed by atoms with E-state index in [4.69, 9.17) is 17.0 Å². The lowest BCUT2D eigenvalue weighted by atomic mass is 10.2. The van der Waals surface area contributed by atoms with Crippen molar-refractivity contribution in [2.24, 2.45) is 0 Å². The lowest BCUT2D eigenvalue weighted by Crippen LogP contribution is -2.17. The number of H-pyrrole nitrogens is 1. The first-order valence-corrected chi connectivity index (χ1v) is 8.93. The van der Waals surface area contributed by atoms with E-state index in [-0.39, 0.29) is 5.82 Å². The van der Waals surface area contributed by atoms with Gasteiger partial charge in [-0.25, -0.2) is 9.07 Å². The van der Waals surface area contributed by atoms with Gasteiger partial charge in [-0.3, -0.25) is 5.10 Å². The average Bonchev–Trinajstić information content (AvgIpc) is 3.00. The Kier molecular flexibility index (Phi) is 6.01. The number of hydrogen-bond donors (Lipinski definition) is 2. The van der Waals surface area contributed by atoms with Crippen LogP contribution in [-0.2, 0) is 19.6 Å². The minimum absolute atomic E-state index is 0.248. The third-order valence-corrected chi connectivity index (χ3v) is 4.15. The first-order chi connectivity index (χ1) is 12.7. The van der Waals surface area contributed by atoms with Crippen LogP contribution in [0.15, 0.2) is 48.5 Å². The van der Waals surface area contributed by atoms with Crippen LogP contribution in [0.4, 0.5) is 4.39 Å². The summed E-state index contributed by atoms with van der Waals surface area (Å²) < 4.78 is 21.1. The van der Waals surface area contributed by atoms with Crippen LogP contribution in [-0.4, -0.2) is 14.9 Å². The second-order valence-corrected chi connectivity index (χ2v) is 6.31. The van der Waals surface area contributed by atoms with Gasteiger partial charge in [0.1, 0.15) is 18.2 Å². The molecule has 0 fully saturated rings. The molecule has 0 saturated heterocycles. The first kappa shape index (κ1) is 18.1. The Morgan fingerprint density at radius 1 is 1.19 bits per heavy atom. The van der Waals surface area contributed by atoms with Crippen molar-refractivity contribution in [2.75, 3.05) is 5.43 Å². The fraction of sp³-hybridized carbons (Fsp3) is 0.263. The van der Waals surface area contributed by atoms with Crippen LogP contribution in [0.1, 0.15) is 30.3 Å². The molecule has 136 valence electrons. The minimum atomic E-state index is -0.248. The van der Waals surface area contributed by atoms with Crippen LogP contribution >= 0.6 is 12.2 Å². The number of aromatic nitrogens is 3. The molecule has 0 atom stereocenters. The van der Waals surface area contributed by atoms with Gasteiger partial charge >= 0.3 is 0 Å². The molecule has 1 aromatic heterocycles. The zero-order valence-corrected chi connectivity index (χ0v) is 15.4. The lowest BCUT2D eigenvalue weighted by Gasteiger charge is -2.11. The van der Waals surface area contributed by atoms with Crippen molar-refractivity contribution in [1.82, 2.24) is 14.9 Å². The number of rotatable bonds is 8. The predicted octanol–water partition coefficient (Wildman–Crippen LogP) is 4.35. The SMILES string of the molecule is CCCc1n[nH]c(=S)n1NCc1cccc(OCc2ccc(F)cc2)c1. The lowest BCUT2D eigenvalue weighted by molar-refractivity contribution is 0.306. The minimum Gasteiger partial charge on any atom is -0.489 e. The molecule has 0 aliphatic rings. The highest BCUT2D eigenvalue weighted by Gasteiger charge is 2.05. The van der Waals surface area contributed by atoms with Gasteiger partial charge in [0.2, 0.25) is 4.77 Å². The molecular formula is C19H21FN4OS. The van der Waals surface area contributed by atoms with E-state index < -0.39 is 0 Å². The van der Waals surface area contributed by atoms with Crippen LogP contribution in [0.5, 0.6) is 5.75 Å². The van der Waals surface area contributed by atoms with Crippen LogP contribution in [0.3, 0.4) is 0 Å². The van der Waals surface area contributed by atoms with Crippen molar-refractivity contribution in [2.45, 2.75) is 32.9 Å². The zero-order chi connectivity index (χ0) is 18.4. The van der Waals surface area contributed by atoms with Gasteiger partial charge in [0, 0.05) is 6.42 Å². The van der Waals surface area contributed by atoms with Gasteiger partial charge < -0.3 is 10.2 Å². The zero-order valence-electron chi connectivity index (χ0n) is 14.5. The highest BCUT2D eigenvalue weighted by Crippen LogP contribution is 2.16. The Balaban J connectivity index is 1.61. The number of halogens is 1. The Hall–Kier alpha value is -2.67. The Morgan fingerprint density at radius 2 is 2.00 bits per heavy atom. The maximum absolute atomic E-state index is 12.9. The van der Waals surface area contributed by atoms with E-state index in [1.165, 1.54) is 12.1 Å². The number of benzene rings is 2. The summed E-state index contributed by atoms with van der Waals surface area (Å²) in [5, 5.41) is 7.05. The summed E-state index contributed by atoms with van der Waals surface area (Å²) in [5.41, 5.74) is 5.27. The average molecular weight is 372 g/mol. The normalized spacial score (nSPS) is 10.7. The second-order valence-electron chi connectivity index (χ2n) is 5.93. The van der Waals surface area contributed by atoms with E-state index in [0.717, 1.165) is 35.5 Å². The first-order valence-electron chi connectivity index (χ1n) is 8.52. The summed E-state index contributed by atoms with van der Waals surface area (Å²) in [6.45, 7) is 3.09. The van der Waals surface area contributed by atoms with E-state index in [0.29, 0.717) is 17.9 Å². The predicted molar refractivity (Wildman–Crippen MR) is 102 cm³/mol. The standard InChI is InChI=1S/C19H21FN4OS/c1-2-4-18-22-23-19(26)24(18)21-12-15-5-3-6-17(11-15)25-13-14-7-9-16(20)10-8-14/h3,5-11,21H,2,4,12-13H2,1H3,(H,23,26). The Morgan fingerprint density at radius 3 is 2.77 bits per heavy atom. The molecule has 2 N–H and O–H groups in total. The molecule has 7 heteroatoms. The van der Waals surface area contributed by atoms with E-state index in [1.54, 1.807) is 12.1 Å². The van der Waals surface area contributed by atoms with E-state index in [1.807, 2.05) is 28.9 Å². The van der Waals surface area contributed by atoms with Crippen molar-refractivity contribution in [3.63, 3.8) is 0 Å². The summed E-state index contributed by atoms with van der Waals surface area (Å²) in [4.78, 5) is 0. The van der Waals surface area contributed by atoms with Crippen molar-refractivity contribution >= 4 is 12.2 Å². The molecular weight excluding hydrogens is 351 g/mol. The number of nitrogens with one attached hydrogen (secondary N) is 2. The van der Waals surface area contributed by atoms with Gasteiger partial charge in [0.05, 0.1) is 6.54 Å². The topological polar surface area (TPSA) is 54.9 Å². The molecule has 0 spiro atoms. The molecule has 2 aromatic carbocycles. The highest BCUT2D eigenvalue weighted by molar-refractivity contribution is 7.71. The van der Waals surface area contributed by atoms with Gasteiger partial charge in [-0.05, 0) is 54.0 Å². The third kappa shape index (κ3) is 4.70. The van der Waals surface area contributed by atoms with Crippen molar-refractivity contribution in [3.8, 4) is 5.75 Å². The summed E-state index contributed by atoms with van der Waals surface area (Å²) in [6.07, 6.45) is 1.84. The fourth-order valence-corrected chi connectivity index (χ4v) is 2.76. The molecule has 0 unspecified atom stereocenters. The molecule has 0 bridgehead atoms. The van der Waals surface area contributed by atoms with Crippen LogP contribution in [0, 0.1) is 10.6 Å². The summed E-state index contributed by atoms with van der Waals surface area (Å²) >= 11 is 5.26. The monoisotopic (exact) mass is 372 g/mol. The molecule has 5 nitrogen and oxygen atoms in total. The van der Waals surface area contributed by atoms with Gasteiger partial charge in [0.15, 0.2) is 5.82 Å². The molecule has 3 aromatic rings. The maximum atomic E-state index is 12.9. The molecule has 3 rings (SSSR count). The van der Waals surface area contributed by atoms with E-state index in [2.05, 4.69) is 22.5 Å². The molecule has 1 heterocycles. The van der Waals surface area contributed by atoms with Crippen molar-refractivity contribution in [1.29, 1.82) is 0 Å². The molecule has 0 radical (unpaired) electrons. The van der Waals surface area contributed by atoms with Gasteiger partial charge in [-0.1, -0.05) is 31.2 Å². The third-order valence-electron chi connectivity index (χ3n) is 3.87. The molecule has 0 amide bonds. The molecule has 0 saturated carbocycles. The number of aromatic amines is 1. The number of hydrogen-bond acceptors (Lipinski definition) is 4. The van der Waals surface area contributed by atoms with Gasteiger partial charge in [0.25, 0.3) is 0 Å². The fourth-order valence-electron chi connectivity index (χ4n) is 2.55. The highest BCUT2D eigenvalue weighted by atomic mass is 32.1. The number of nitrogens with zero attached hydrogens (tertiary/aromatic N) is 2. The smallest absolute Gasteiger partial charge is 0.214 e. The maximum Gasteiger partial charge on any atom is 0.214 e. The van der Waals surface area contributed by atoms with Crippen LogP contribution in [0.25, 0.3) is 0 Å². The van der Waals surface area contributed by atoms with Crippen molar-refractivity contribution < 1.29 is 9.13 Å². The quantitative estimate of drug-likeness (QED) is 0.577. The largest absolute Gasteiger partial charge is 0.489 e. The number of aryl methyl sites for hydroxylation is 1. The van der Waals surface area contributed by atoms with Gasteiger partial charge in [-0.15, -0.1) is 0 Å². The van der Waals surface area contributed by atoms with E-state index >= 15 is 0 Å². The Labute approximate surface area is 156 Å². The summed E-state index contributed by atoms with van der Waals surface area (Å²) in [6, 6.07) is 14.1. The molecule has 26 heavy (non-hydrogen) atoms. The van der Waals surface area contributed by atoms with Crippen LogP contribution in [0.2, 0.25) is 0 Å². The van der Waals surface area contributed by atoms with Crippen LogP contribution < -0.4 is 10.2 Å². The second kappa shape index (κ2) is 8.62. The molecule has 0 aliphatic carbocycles. The molecule has 0 aliphatic heterocycles. The van der Waals surface area contributed by atoms with Gasteiger partial charge in [-0.2, -0.15) is 5.10 Å². The van der Waals surface area contributed by atoms with Crippen molar-refractivity contribution in [3.05, 3.63) is 76.1 Å². The number of ether oxygens (including phenoxy) is 1. The summed E-state index contributed by atoms with van der Waals surface area (Å²) in [5.74, 6) is 1.40.